The monoisotopic (exact) mass is 194 g/mol. The number of carbonyl (C=O) groups is 1. The van der Waals surface area contributed by atoms with Crippen molar-refractivity contribution in [3.63, 3.8) is 0 Å². The van der Waals surface area contributed by atoms with E-state index in [-0.39, 0.29) is 5.91 Å². The Labute approximate surface area is 82.9 Å². The number of rotatable bonds is 2. The number of carbonyl (C=O) groups excluding carboxylic acids is 1. The van der Waals surface area contributed by atoms with Crippen molar-refractivity contribution in [2.75, 3.05) is 13.1 Å². The smallest absolute Gasteiger partial charge is 0.268 e. The Morgan fingerprint density at radius 3 is 2.79 bits per heavy atom. The Morgan fingerprint density at radius 2 is 2.14 bits per heavy atom. The number of hydrogen-bond donors (Lipinski definition) is 1. The van der Waals surface area contributed by atoms with Crippen LogP contribution in [0.2, 0.25) is 0 Å². The Balaban J connectivity index is 1.87. The van der Waals surface area contributed by atoms with E-state index < -0.39 is 0 Å². The van der Waals surface area contributed by atoms with E-state index in [1.165, 1.54) is 18.9 Å². The van der Waals surface area contributed by atoms with Crippen LogP contribution in [0, 0.1) is 0 Å². The number of piperidine rings is 1. The largest absolute Gasteiger partial charge is 0.472 e. The Morgan fingerprint density at radius 1 is 1.36 bits per heavy atom. The first-order chi connectivity index (χ1) is 6.86. The first-order valence-electron chi connectivity index (χ1n) is 4.94. The summed E-state index contributed by atoms with van der Waals surface area (Å²) < 4.78 is 4.85. The van der Waals surface area contributed by atoms with Gasteiger partial charge >= 0.3 is 0 Å². The second-order valence-electron chi connectivity index (χ2n) is 3.50. The van der Waals surface area contributed by atoms with Crippen molar-refractivity contribution < 1.29 is 9.21 Å². The summed E-state index contributed by atoms with van der Waals surface area (Å²) in [6.45, 7) is 1.90. The molecule has 0 bridgehead atoms. The van der Waals surface area contributed by atoms with Crippen LogP contribution in [0.5, 0.6) is 0 Å². The molecule has 1 aliphatic rings. The summed E-state index contributed by atoms with van der Waals surface area (Å²) >= 11 is 0. The molecule has 0 spiro atoms. The Bertz CT molecular complexity index is 289. The van der Waals surface area contributed by atoms with E-state index in [1.807, 2.05) is 5.01 Å². The Hall–Kier alpha value is -1.29. The van der Waals surface area contributed by atoms with Gasteiger partial charge in [0.2, 0.25) is 0 Å². The van der Waals surface area contributed by atoms with Gasteiger partial charge in [-0.2, -0.15) is 0 Å². The minimum absolute atomic E-state index is 0.0827. The van der Waals surface area contributed by atoms with Crippen molar-refractivity contribution in [1.82, 2.24) is 10.4 Å². The third-order valence-electron chi connectivity index (χ3n) is 2.40. The highest BCUT2D eigenvalue weighted by molar-refractivity contribution is 5.93. The highest BCUT2D eigenvalue weighted by Gasteiger charge is 2.14. The van der Waals surface area contributed by atoms with Crippen LogP contribution in [0.15, 0.2) is 23.0 Å². The lowest BCUT2D eigenvalue weighted by atomic mass is 10.2. The maximum Gasteiger partial charge on any atom is 0.268 e. The van der Waals surface area contributed by atoms with Gasteiger partial charge in [-0.15, -0.1) is 0 Å². The lowest BCUT2D eigenvalue weighted by Crippen LogP contribution is -2.44. The molecule has 76 valence electrons. The molecule has 0 aromatic carbocycles. The van der Waals surface area contributed by atoms with Gasteiger partial charge in [0.15, 0.2) is 0 Å². The van der Waals surface area contributed by atoms with Crippen LogP contribution in [-0.2, 0) is 0 Å². The Kier molecular flexibility index (Phi) is 2.84. The SMILES string of the molecule is O=C(NN1CCCCC1)c1ccoc1. The minimum atomic E-state index is -0.0827. The van der Waals surface area contributed by atoms with Crippen LogP contribution in [0.25, 0.3) is 0 Å². The van der Waals surface area contributed by atoms with Gasteiger partial charge in [-0.25, -0.2) is 5.01 Å². The second kappa shape index (κ2) is 4.28. The van der Waals surface area contributed by atoms with E-state index in [4.69, 9.17) is 4.42 Å². The molecule has 2 rings (SSSR count). The van der Waals surface area contributed by atoms with Crippen LogP contribution in [0.3, 0.4) is 0 Å². The molecule has 14 heavy (non-hydrogen) atoms. The van der Waals surface area contributed by atoms with Crippen molar-refractivity contribution in [3.8, 4) is 0 Å². The van der Waals surface area contributed by atoms with Crippen LogP contribution in [-0.4, -0.2) is 24.0 Å². The fraction of sp³-hybridized carbons (Fsp3) is 0.500. The first-order valence-corrected chi connectivity index (χ1v) is 4.94. The molecule has 0 atom stereocenters. The molecule has 1 aromatic heterocycles. The van der Waals surface area contributed by atoms with Crippen molar-refractivity contribution in [2.45, 2.75) is 19.3 Å². The highest BCUT2D eigenvalue weighted by Crippen LogP contribution is 2.07. The third kappa shape index (κ3) is 2.14. The molecule has 1 aliphatic heterocycles. The van der Waals surface area contributed by atoms with Crippen LogP contribution in [0.4, 0.5) is 0 Å². The normalized spacial score (nSPS) is 18.0. The standard InChI is InChI=1S/C10H14N2O2/c13-10(9-4-7-14-8-9)11-12-5-2-1-3-6-12/h4,7-8H,1-3,5-6H2,(H,11,13). The number of nitrogens with one attached hydrogen (secondary N) is 1. The number of furan rings is 1. The summed E-state index contributed by atoms with van der Waals surface area (Å²) in [7, 11) is 0. The average molecular weight is 194 g/mol. The molecule has 0 saturated carbocycles. The molecular formula is C10H14N2O2. The maximum absolute atomic E-state index is 11.6. The third-order valence-corrected chi connectivity index (χ3v) is 2.40. The van der Waals surface area contributed by atoms with E-state index in [9.17, 15) is 4.79 Å². The van der Waals surface area contributed by atoms with Gasteiger partial charge in [0.05, 0.1) is 11.8 Å². The van der Waals surface area contributed by atoms with Gasteiger partial charge in [0.1, 0.15) is 6.26 Å². The van der Waals surface area contributed by atoms with Gasteiger partial charge < -0.3 is 4.42 Å². The van der Waals surface area contributed by atoms with Crippen molar-refractivity contribution in [3.05, 3.63) is 24.2 Å². The number of nitrogens with zero attached hydrogens (tertiary/aromatic N) is 1. The summed E-state index contributed by atoms with van der Waals surface area (Å²) in [5.74, 6) is -0.0827. The summed E-state index contributed by atoms with van der Waals surface area (Å²) in [6.07, 6.45) is 6.54. The summed E-state index contributed by atoms with van der Waals surface area (Å²) in [6, 6.07) is 1.67. The van der Waals surface area contributed by atoms with Gasteiger partial charge in [-0.05, 0) is 18.9 Å². The number of hydrogen-bond acceptors (Lipinski definition) is 3. The predicted octanol–water partition coefficient (Wildman–Crippen LogP) is 1.41. The molecule has 1 fully saturated rings. The first kappa shape index (κ1) is 9.27. The molecule has 2 heterocycles. The lowest BCUT2D eigenvalue weighted by molar-refractivity contribution is 0.0749. The molecule has 0 aliphatic carbocycles. The fourth-order valence-electron chi connectivity index (χ4n) is 1.61. The van der Waals surface area contributed by atoms with E-state index in [0.717, 1.165) is 25.9 Å². The van der Waals surface area contributed by atoms with E-state index in [1.54, 1.807) is 6.07 Å². The summed E-state index contributed by atoms with van der Waals surface area (Å²) in [4.78, 5) is 11.6. The molecule has 0 radical (unpaired) electrons. The average Bonchev–Trinajstić information content (AvgIpc) is 2.72. The number of hydrazine groups is 1. The lowest BCUT2D eigenvalue weighted by Gasteiger charge is -2.26. The van der Waals surface area contributed by atoms with E-state index in [0.29, 0.717) is 5.56 Å². The zero-order chi connectivity index (χ0) is 9.80. The fourth-order valence-corrected chi connectivity index (χ4v) is 1.61. The quantitative estimate of drug-likeness (QED) is 0.774. The van der Waals surface area contributed by atoms with Crippen LogP contribution < -0.4 is 5.43 Å². The van der Waals surface area contributed by atoms with Crippen LogP contribution in [0.1, 0.15) is 29.6 Å². The molecular weight excluding hydrogens is 180 g/mol. The highest BCUT2D eigenvalue weighted by atomic mass is 16.3. The van der Waals surface area contributed by atoms with Crippen LogP contribution >= 0.6 is 0 Å². The van der Waals surface area contributed by atoms with Crippen molar-refractivity contribution in [1.29, 1.82) is 0 Å². The topological polar surface area (TPSA) is 45.5 Å². The van der Waals surface area contributed by atoms with E-state index in [2.05, 4.69) is 5.43 Å². The summed E-state index contributed by atoms with van der Waals surface area (Å²) in [5, 5.41) is 1.97. The predicted molar refractivity (Wildman–Crippen MR) is 51.6 cm³/mol. The summed E-state index contributed by atoms with van der Waals surface area (Å²) in [5.41, 5.74) is 3.43. The molecule has 1 amide bonds. The second-order valence-corrected chi connectivity index (χ2v) is 3.50. The molecule has 1 saturated heterocycles. The van der Waals surface area contributed by atoms with Gasteiger partial charge in [-0.3, -0.25) is 10.2 Å². The zero-order valence-corrected chi connectivity index (χ0v) is 8.03. The number of amides is 1. The van der Waals surface area contributed by atoms with Crippen molar-refractivity contribution in [2.24, 2.45) is 0 Å². The van der Waals surface area contributed by atoms with Gasteiger partial charge in [0, 0.05) is 13.1 Å². The molecule has 1 N–H and O–H groups in total. The molecule has 0 unspecified atom stereocenters. The minimum Gasteiger partial charge on any atom is -0.472 e. The zero-order valence-electron chi connectivity index (χ0n) is 8.03. The molecule has 4 heteroatoms. The maximum atomic E-state index is 11.6. The van der Waals surface area contributed by atoms with E-state index >= 15 is 0 Å². The molecule has 4 nitrogen and oxygen atoms in total. The van der Waals surface area contributed by atoms with Gasteiger partial charge in [0.25, 0.3) is 5.91 Å². The molecule has 1 aromatic rings. The van der Waals surface area contributed by atoms with Crippen molar-refractivity contribution >= 4 is 5.91 Å². The van der Waals surface area contributed by atoms with Gasteiger partial charge in [-0.1, -0.05) is 6.42 Å².